The van der Waals surface area contributed by atoms with Gasteiger partial charge >= 0.3 is 0 Å². The average Bonchev–Trinajstić information content (AvgIpc) is 2.89. The van der Waals surface area contributed by atoms with E-state index >= 15 is 0 Å². The fourth-order valence-corrected chi connectivity index (χ4v) is 1.01. The second-order valence-electron chi connectivity index (χ2n) is 3.08. The molecule has 2 heterocycles. The molecule has 2 aromatic rings. The van der Waals surface area contributed by atoms with Crippen molar-refractivity contribution in [3.05, 3.63) is 24.0 Å². The Kier molecular flexibility index (Phi) is 4.74. The number of carbonyl (C=O) groups is 1. The molecule has 0 aliphatic rings. The molecular weight excluding hydrogens is 224 g/mol. The Balaban J connectivity index is 0.000000171. The third-order valence-corrected chi connectivity index (χ3v) is 1.75. The smallest absolute Gasteiger partial charge is 0.299 e. The van der Waals surface area contributed by atoms with Gasteiger partial charge in [-0.05, 0) is 13.8 Å². The summed E-state index contributed by atoms with van der Waals surface area (Å²) in [6.45, 7) is 4.01. The monoisotopic (exact) mass is 238 g/mol. The SMILES string of the molecule is COc1cnc(C)[nH]1.Cc1ncc(OC=O)[nH]1. The van der Waals surface area contributed by atoms with Gasteiger partial charge in [0.25, 0.3) is 6.47 Å². The Morgan fingerprint density at radius 1 is 1.12 bits per heavy atom. The maximum absolute atomic E-state index is 9.71. The van der Waals surface area contributed by atoms with E-state index in [-0.39, 0.29) is 0 Å². The molecule has 0 spiro atoms. The first-order valence-electron chi connectivity index (χ1n) is 4.83. The van der Waals surface area contributed by atoms with Crippen LogP contribution in [0.4, 0.5) is 0 Å². The molecule has 2 aromatic heterocycles. The van der Waals surface area contributed by atoms with Gasteiger partial charge in [-0.1, -0.05) is 0 Å². The predicted octanol–water partition coefficient (Wildman–Crippen LogP) is 0.980. The van der Waals surface area contributed by atoms with Crippen LogP contribution in [0, 0.1) is 13.8 Å². The molecule has 7 nitrogen and oxygen atoms in total. The highest BCUT2D eigenvalue weighted by Gasteiger charge is 1.93. The van der Waals surface area contributed by atoms with Gasteiger partial charge in [0.15, 0.2) is 0 Å². The summed E-state index contributed by atoms with van der Waals surface area (Å²) in [7, 11) is 1.60. The third-order valence-electron chi connectivity index (χ3n) is 1.75. The first kappa shape index (κ1) is 12.8. The van der Waals surface area contributed by atoms with Crippen LogP contribution in [-0.2, 0) is 4.79 Å². The number of H-pyrrole nitrogens is 2. The van der Waals surface area contributed by atoms with Crippen molar-refractivity contribution >= 4 is 6.47 Å². The van der Waals surface area contributed by atoms with Crippen LogP contribution in [0.5, 0.6) is 11.8 Å². The molecule has 92 valence electrons. The number of aryl methyl sites for hydroxylation is 2. The van der Waals surface area contributed by atoms with Crippen molar-refractivity contribution in [3.63, 3.8) is 0 Å². The lowest BCUT2D eigenvalue weighted by molar-refractivity contribution is -0.120. The molecule has 0 saturated heterocycles. The molecule has 0 radical (unpaired) electrons. The summed E-state index contributed by atoms with van der Waals surface area (Å²) < 4.78 is 9.25. The summed E-state index contributed by atoms with van der Waals surface area (Å²) >= 11 is 0. The number of hydrogen-bond acceptors (Lipinski definition) is 5. The van der Waals surface area contributed by atoms with E-state index in [1.165, 1.54) is 6.20 Å². The quantitative estimate of drug-likeness (QED) is 0.777. The predicted molar refractivity (Wildman–Crippen MR) is 59.9 cm³/mol. The minimum Gasteiger partial charge on any atom is -0.481 e. The molecule has 0 aliphatic carbocycles. The van der Waals surface area contributed by atoms with E-state index in [0.717, 1.165) is 11.6 Å². The number of aromatic nitrogens is 4. The number of methoxy groups -OCH3 is 1. The molecule has 2 rings (SSSR count). The summed E-state index contributed by atoms with van der Waals surface area (Å²) in [4.78, 5) is 23.0. The number of hydrogen-bond donors (Lipinski definition) is 2. The number of ether oxygens (including phenoxy) is 2. The lowest BCUT2D eigenvalue weighted by atomic mass is 10.8. The number of nitrogens with one attached hydrogen (secondary N) is 2. The Morgan fingerprint density at radius 3 is 1.94 bits per heavy atom. The number of imidazole rings is 2. The highest BCUT2D eigenvalue weighted by Crippen LogP contribution is 2.03. The van der Waals surface area contributed by atoms with E-state index in [0.29, 0.717) is 18.2 Å². The van der Waals surface area contributed by atoms with Gasteiger partial charge in [-0.25, -0.2) is 9.97 Å². The molecule has 0 fully saturated rings. The Bertz CT molecular complexity index is 464. The van der Waals surface area contributed by atoms with Gasteiger partial charge in [-0.15, -0.1) is 0 Å². The van der Waals surface area contributed by atoms with E-state index in [1.54, 1.807) is 20.2 Å². The van der Waals surface area contributed by atoms with Crippen LogP contribution in [0.15, 0.2) is 12.4 Å². The van der Waals surface area contributed by atoms with Gasteiger partial charge in [0.05, 0.1) is 19.5 Å². The van der Waals surface area contributed by atoms with Crippen molar-refractivity contribution in [2.24, 2.45) is 0 Å². The number of aromatic amines is 2. The van der Waals surface area contributed by atoms with E-state index in [1.807, 2.05) is 6.92 Å². The van der Waals surface area contributed by atoms with Gasteiger partial charge in [-0.3, -0.25) is 4.79 Å². The van der Waals surface area contributed by atoms with Gasteiger partial charge in [-0.2, -0.15) is 0 Å². The van der Waals surface area contributed by atoms with E-state index in [2.05, 4.69) is 24.7 Å². The second-order valence-corrected chi connectivity index (χ2v) is 3.08. The largest absolute Gasteiger partial charge is 0.481 e. The first-order valence-corrected chi connectivity index (χ1v) is 4.83. The van der Waals surface area contributed by atoms with E-state index in [9.17, 15) is 4.79 Å². The lowest BCUT2D eigenvalue weighted by Crippen LogP contribution is -1.87. The zero-order valence-electron chi connectivity index (χ0n) is 9.85. The molecular formula is C10H14N4O3. The van der Waals surface area contributed by atoms with Crippen molar-refractivity contribution < 1.29 is 14.3 Å². The van der Waals surface area contributed by atoms with Crippen LogP contribution in [0.1, 0.15) is 11.6 Å². The molecule has 0 unspecified atom stereocenters. The zero-order chi connectivity index (χ0) is 12.7. The molecule has 7 heteroatoms. The van der Waals surface area contributed by atoms with Crippen molar-refractivity contribution in [2.75, 3.05) is 7.11 Å². The molecule has 2 N–H and O–H groups in total. The second kappa shape index (κ2) is 6.31. The number of carbonyl (C=O) groups excluding carboxylic acids is 1. The minimum atomic E-state index is 0.354. The highest BCUT2D eigenvalue weighted by molar-refractivity contribution is 5.42. The number of nitrogens with zero attached hydrogens (tertiary/aromatic N) is 2. The first-order chi connectivity index (χ1) is 8.15. The van der Waals surface area contributed by atoms with Crippen molar-refractivity contribution in [1.29, 1.82) is 0 Å². The third kappa shape index (κ3) is 4.37. The van der Waals surface area contributed by atoms with E-state index in [4.69, 9.17) is 4.74 Å². The molecule has 0 aliphatic heterocycles. The summed E-state index contributed by atoms with van der Waals surface area (Å²) in [5.74, 6) is 2.69. The minimum absolute atomic E-state index is 0.354. The summed E-state index contributed by atoms with van der Waals surface area (Å²) in [5.41, 5.74) is 0. The molecule has 0 atom stereocenters. The van der Waals surface area contributed by atoms with Crippen LogP contribution in [0.2, 0.25) is 0 Å². The zero-order valence-corrected chi connectivity index (χ0v) is 9.85. The summed E-state index contributed by atoms with van der Waals surface area (Å²) in [5, 5.41) is 0. The Morgan fingerprint density at radius 2 is 1.65 bits per heavy atom. The van der Waals surface area contributed by atoms with Gasteiger partial charge in [0, 0.05) is 0 Å². The van der Waals surface area contributed by atoms with Gasteiger partial charge in [0.2, 0.25) is 11.8 Å². The molecule has 0 aromatic carbocycles. The summed E-state index contributed by atoms with van der Waals surface area (Å²) in [6.07, 6.45) is 3.10. The Hall–Kier alpha value is -2.31. The van der Waals surface area contributed by atoms with Crippen molar-refractivity contribution in [2.45, 2.75) is 13.8 Å². The topological polar surface area (TPSA) is 92.9 Å². The standard InChI is InChI=1S/C5H6N2O2.C5H8N2O/c1-4-6-2-5(7-4)9-3-8;1-4-6-3-5(7-4)8-2/h2-3H,1H3,(H,6,7);3H,1-2H3,(H,6,7). The van der Waals surface area contributed by atoms with E-state index < -0.39 is 0 Å². The Labute approximate surface area is 98.2 Å². The van der Waals surface area contributed by atoms with Crippen LogP contribution >= 0.6 is 0 Å². The lowest BCUT2D eigenvalue weighted by Gasteiger charge is -1.87. The molecule has 0 amide bonds. The van der Waals surface area contributed by atoms with Crippen LogP contribution < -0.4 is 9.47 Å². The van der Waals surface area contributed by atoms with Crippen LogP contribution in [0.3, 0.4) is 0 Å². The summed E-state index contributed by atoms with van der Waals surface area (Å²) in [6, 6.07) is 0. The highest BCUT2D eigenvalue weighted by atomic mass is 16.5. The van der Waals surface area contributed by atoms with Gasteiger partial charge in [0.1, 0.15) is 11.6 Å². The van der Waals surface area contributed by atoms with Crippen LogP contribution in [-0.4, -0.2) is 33.5 Å². The molecule has 0 bridgehead atoms. The van der Waals surface area contributed by atoms with Gasteiger partial charge < -0.3 is 19.4 Å². The molecule has 17 heavy (non-hydrogen) atoms. The van der Waals surface area contributed by atoms with Crippen molar-refractivity contribution in [1.82, 2.24) is 19.9 Å². The fourth-order valence-electron chi connectivity index (χ4n) is 1.01. The maximum Gasteiger partial charge on any atom is 0.299 e. The van der Waals surface area contributed by atoms with Crippen LogP contribution in [0.25, 0.3) is 0 Å². The average molecular weight is 238 g/mol. The van der Waals surface area contributed by atoms with Crippen molar-refractivity contribution in [3.8, 4) is 11.8 Å². The number of rotatable bonds is 3. The molecule has 0 saturated carbocycles. The fraction of sp³-hybridized carbons (Fsp3) is 0.300. The maximum atomic E-state index is 9.71. The normalized spacial score (nSPS) is 9.12.